The van der Waals surface area contributed by atoms with E-state index in [1.807, 2.05) is 24.3 Å². The van der Waals surface area contributed by atoms with E-state index in [2.05, 4.69) is 5.10 Å². The minimum atomic E-state index is -0.708. The highest BCUT2D eigenvalue weighted by Gasteiger charge is 2.27. The Kier molecular flexibility index (Phi) is 6.83. The number of hydrogen-bond donors (Lipinski definition) is 1. The fourth-order valence-corrected chi connectivity index (χ4v) is 3.77. The summed E-state index contributed by atoms with van der Waals surface area (Å²) < 4.78 is 17.5. The minimum Gasteiger partial charge on any atom is -0.502 e. The Morgan fingerprint density at radius 3 is 2.80 bits per heavy atom. The predicted octanol–water partition coefficient (Wildman–Crippen LogP) is 3.07. The lowest BCUT2D eigenvalue weighted by atomic mass is 9.95. The molecule has 0 aliphatic rings. The molecule has 0 spiro atoms. The van der Waals surface area contributed by atoms with E-state index in [4.69, 9.17) is 13.9 Å². The molecule has 1 N–H and O–H groups in total. The number of benzene rings is 1. The van der Waals surface area contributed by atoms with Gasteiger partial charge in [-0.1, -0.05) is 6.07 Å². The third kappa shape index (κ3) is 5.04. The second kappa shape index (κ2) is 9.53. The number of carbonyl (C=O) groups is 1. The van der Waals surface area contributed by atoms with Crippen LogP contribution < -0.4 is 10.2 Å². The highest BCUT2D eigenvalue weighted by atomic mass is 32.2. The number of aryl methyl sites for hydroxylation is 1. The molecule has 0 radical (unpaired) electrons. The molecular formula is C21H22N2O6S. The Morgan fingerprint density at radius 2 is 2.13 bits per heavy atom. The summed E-state index contributed by atoms with van der Waals surface area (Å²) >= 11 is 1.45. The van der Waals surface area contributed by atoms with Crippen molar-refractivity contribution in [2.24, 2.45) is 7.05 Å². The van der Waals surface area contributed by atoms with Crippen molar-refractivity contribution in [2.45, 2.75) is 23.0 Å². The molecule has 0 saturated heterocycles. The largest absolute Gasteiger partial charge is 0.502 e. The zero-order valence-electron chi connectivity index (χ0n) is 16.8. The molecule has 0 unspecified atom stereocenters. The van der Waals surface area contributed by atoms with E-state index < -0.39 is 23.1 Å². The van der Waals surface area contributed by atoms with Gasteiger partial charge in [-0.05, 0) is 18.2 Å². The molecule has 0 amide bonds. The van der Waals surface area contributed by atoms with Gasteiger partial charge in [0.25, 0.3) is 0 Å². The van der Waals surface area contributed by atoms with Gasteiger partial charge in [-0.25, -0.2) is 0 Å². The molecule has 30 heavy (non-hydrogen) atoms. The minimum absolute atomic E-state index is 0.0159. The molecule has 8 nitrogen and oxygen atoms in total. The first-order chi connectivity index (χ1) is 14.4. The summed E-state index contributed by atoms with van der Waals surface area (Å²) in [5, 5.41) is 14.5. The number of aromatic nitrogens is 2. The number of nitrogens with zero attached hydrogens (tertiary/aromatic N) is 2. The molecule has 0 bridgehead atoms. The van der Waals surface area contributed by atoms with Crippen molar-refractivity contribution in [1.82, 2.24) is 9.78 Å². The first-order valence-electron chi connectivity index (χ1n) is 9.09. The molecule has 2 aromatic heterocycles. The molecule has 9 heteroatoms. The van der Waals surface area contributed by atoms with Crippen LogP contribution in [0.4, 0.5) is 0 Å². The summed E-state index contributed by atoms with van der Waals surface area (Å²) in [5.74, 6) is -0.261. The first kappa shape index (κ1) is 21.5. The molecule has 1 aromatic carbocycles. The second-order valence-corrected chi connectivity index (χ2v) is 7.59. The zero-order valence-corrected chi connectivity index (χ0v) is 17.6. The maximum Gasteiger partial charge on any atom is 0.306 e. The molecular weight excluding hydrogens is 408 g/mol. The Morgan fingerprint density at radius 1 is 1.33 bits per heavy atom. The van der Waals surface area contributed by atoms with Crippen molar-refractivity contribution in [3.05, 3.63) is 70.0 Å². The Labute approximate surface area is 177 Å². The highest BCUT2D eigenvalue weighted by molar-refractivity contribution is 7.98. The Balaban J connectivity index is 1.93. The van der Waals surface area contributed by atoms with Crippen molar-refractivity contribution in [2.75, 3.05) is 14.2 Å². The van der Waals surface area contributed by atoms with Crippen LogP contribution in [0.5, 0.6) is 11.5 Å². The van der Waals surface area contributed by atoms with Crippen LogP contribution in [-0.4, -0.2) is 35.1 Å². The molecule has 3 aromatic rings. The standard InChI is InChI=1S/C21H22N2O6S/c1-23-11-13(10-22-23)17(9-19(25)28-3)21-20(26)18(24)8-15(29-21)12-30-16-6-4-5-14(7-16)27-2/h4-8,10-11,17,26H,9,12H2,1-3H3/t17-/m1/s1. The van der Waals surface area contributed by atoms with Gasteiger partial charge < -0.3 is 19.0 Å². The molecule has 0 fully saturated rings. The van der Waals surface area contributed by atoms with Crippen LogP contribution in [0.2, 0.25) is 0 Å². The van der Waals surface area contributed by atoms with Crippen LogP contribution in [0.15, 0.2) is 56.8 Å². The van der Waals surface area contributed by atoms with E-state index in [1.165, 1.54) is 24.9 Å². The average Bonchev–Trinajstić information content (AvgIpc) is 3.18. The maximum atomic E-state index is 12.4. The molecule has 0 aliphatic carbocycles. The smallest absolute Gasteiger partial charge is 0.306 e. The van der Waals surface area contributed by atoms with Gasteiger partial charge in [0.2, 0.25) is 11.2 Å². The second-order valence-electron chi connectivity index (χ2n) is 6.54. The van der Waals surface area contributed by atoms with Gasteiger partial charge in [-0.3, -0.25) is 14.3 Å². The number of thioether (sulfide) groups is 1. The SMILES string of the molecule is COC(=O)C[C@H](c1cnn(C)c1)c1oc(CSc2cccc(OC)c2)cc(=O)c1O. The van der Waals surface area contributed by atoms with E-state index in [0.717, 1.165) is 10.6 Å². The predicted molar refractivity (Wildman–Crippen MR) is 111 cm³/mol. The number of hydrogen-bond acceptors (Lipinski definition) is 8. The van der Waals surface area contributed by atoms with Gasteiger partial charge in [0, 0.05) is 29.8 Å². The van der Waals surface area contributed by atoms with Crippen molar-refractivity contribution in [1.29, 1.82) is 0 Å². The number of esters is 1. The maximum absolute atomic E-state index is 12.4. The van der Waals surface area contributed by atoms with E-state index in [1.54, 1.807) is 31.2 Å². The van der Waals surface area contributed by atoms with Gasteiger partial charge in [-0.15, -0.1) is 11.8 Å². The number of methoxy groups -OCH3 is 2. The Bertz CT molecular complexity index is 1090. The highest BCUT2D eigenvalue weighted by Crippen LogP contribution is 2.34. The van der Waals surface area contributed by atoms with Gasteiger partial charge in [0.05, 0.1) is 38.5 Å². The summed E-state index contributed by atoms with van der Waals surface area (Å²) in [6.45, 7) is 0. The number of aromatic hydroxyl groups is 1. The molecule has 0 saturated carbocycles. The van der Waals surface area contributed by atoms with E-state index in [-0.39, 0.29) is 12.2 Å². The van der Waals surface area contributed by atoms with Crippen molar-refractivity contribution in [3.8, 4) is 11.5 Å². The van der Waals surface area contributed by atoms with E-state index in [0.29, 0.717) is 17.1 Å². The molecule has 1 atom stereocenters. The van der Waals surface area contributed by atoms with Crippen LogP contribution in [-0.2, 0) is 22.3 Å². The summed E-state index contributed by atoms with van der Waals surface area (Å²) in [6.07, 6.45) is 3.15. The molecule has 158 valence electrons. The third-order valence-electron chi connectivity index (χ3n) is 4.46. The van der Waals surface area contributed by atoms with Crippen LogP contribution in [0.1, 0.15) is 29.4 Å². The molecule has 3 rings (SSSR count). The fraction of sp³-hybridized carbons (Fsp3) is 0.286. The first-order valence-corrected chi connectivity index (χ1v) is 10.1. The molecule has 0 aliphatic heterocycles. The lowest BCUT2D eigenvalue weighted by molar-refractivity contribution is -0.140. The van der Waals surface area contributed by atoms with Crippen LogP contribution >= 0.6 is 11.8 Å². The average molecular weight is 430 g/mol. The quantitative estimate of drug-likeness (QED) is 0.430. The summed E-state index contributed by atoms with van der Waals surface area (Å²) in [4.78, 5) is 25.3. The monoisotopic (exact) mass is 430 g/mol. The van der Waals surface area contributed by atoms with Crippen molar-refractivity contribution in [3.63, 3.8) is 0 Å². The van der Waals surface area contributed by atoms with Crippen LogP contribution in [0.3, 0.4) is 0 Å². The van der Waals surface area contributed by atoms with Crippen molar-refractivity contribution >= 4 is 17.7 Å². The van der Waals surface area contributed by atoms with E-state index in [9.17, 15) is 14.7 Å². The zero-order chi connectivity index (χ0) is 21.7. The summed E-state index contributed by atoms with van der Waals surface area (Å²) in [5.41, 5.74) is 0.0511. The third-order valence-corrected chi connectivity index (χ3v) is 5.48. The summed E-state index contributed by atoms with van der Waals surface area (Å²) in [7, 11) is 4.60. The van der Waals surface area contributed by atoms with Crippen LogP contribution in [0, 0.1) is 0 Å². The van der Waals surface area contributed by atoms with Gasteiger partial charge in [0.15, 0.2) is 5.76 Å². The van der Waals surface area contributed by atoms with Gasteiger partial charge in [-0.2, -0.15) is 5.10 Å². The molecule has 2 heterocycles. The Hall–Kier alpha value is -3.20. The lowest BCUT2D eigenvalue weighted by Crippen LogP contribution is -2.13. The summed E-state index contributed by atoms with van der Waals surface area (Å²) in [6, 6.07) is 8.76. The van der Waals surface area contributed by atoms with Gasteiger partial charge >= 0.3 is 5.97 Å². The number of rotatable bonds is 8. The van der Waals surface area contributed by atoms with Crippen molar-refractivity contribution < 1.29 is 23.8 Å². The lowest BCUT2D eigenvalue weighted by Gasteiger charge is -2.15. The number of carbonyl (C=O) groups excluding carboxylic acids is 1. The fourth-order valence-electron chi connectivity index (χ4n) is 2.94. The number of ether oxygens (including phenoxy) is 2. The van der Waals surface area contributed by atoms with Gasteiger partial charge in [0.1, 0.15) is 11.5 Å². The normalized spacial score (nSPS) is 11.8. The topological polar surface area (TPSA) is 104 Å². The van der Waals surface area contributed by atoms with E-state index >= 15 is 0 Å². The van der Waals surface area contributed by atoms with Crippen LogP contribution in [0.25, 0.3) is 0 Å².